The monoisotopic (exact) mass is 265 g/mol. The molecule has 0 aromatic heterocycles. The molecule has 0 N–H and O–H groups in total. The maximum atomic E-state index is 4.11. The summed E-state index contributed by atoms with van der Waals surface area (Å²) in [5.41, 5.74) is 5.55. The second-order valence-corrected chi connectivity index (χ2v) is 5.93. The Morgan fingerprint density at radius 1 is 1.05 bits per heavy atom. The van der Waals surface area contributed by atoms with Gasteiger partial charge in [0.2, 0.25) is 0 Å². The van der Waals surface area contributed by atoms with E-state index in [1.807, 2.05) is 6.08 Å². The van der Waals surface area contributed by atoms with Crippen molar-refractivity contribution in [1.82, 2.24) is 0 Å². The third-order valence-corrected chi connectivity index (χ3v) is 5.04. The van der Waals surface area contributed by atoms with E-state index in [0.29, 0.717) is 0 Å². The van der Waals surface area contributed by atoms with Crippen molar-refractivity contribution >= 4 is 5.69 Å². The van der Waals surface area contributed by atoms with Crippen LogP contribution in [0.4, 0.5) is 5.69 Å². The van der Waals surface area contributed by atoms with Gasteiger partial charge >= 0.3 is 0 Å². The van der Waals surface area contributed by atoms with Crippen molar-refractivity contribution in [3.63, 3.8) is 0 Å². The van der Waals surface area contributed by atoms with Crippen molar-refractivity contribution < 1.29 is 0 Å². The van der Waals surface area contributed by atoms with Crippen LogP contribution in [0.2, 0.25) is 0 Å². The van der Waals surface area contributed by atoms with Crippen molar-refractivity contribution in [2.45, 2.75) is 37.5 Å². The zero-order valence-corrected chi connectivity index (χ0v) is 12.4. The van der Waals surface area contributed by atoms with Gasteiger partial charge in [0.15, 0.2) is 0 Å². The van der Waals surface area contributed by atoms with Crippen LogP contribution in [-0.4, -0.2) is 7.05 Å². The standard InChI is InChI=1S/C19H23N/c1-4-15-17(5-2)20(3)18-12-8-7-11-16(18)19(15)13-9-6-10-14-19/h4-5,7-8,11-12H,1-2,6,9-10,13-14H2,3H3. The molecule has 1 aromatic carbocycles. The third-order valence-electron chi connectivity index (χ3n) is 5.04. The molecule has 2 aliphatic rings. The Bertz CT molecular complexity index is 573. The lowest BCUT2D eigenvalue weighted by atomic mass is 9.62. The fourth-order valence-corrected chi connectivity index (χ4v) is 4.11. The summed E-state index contributed by atoms with van der Waals surface area (Å²) in [4.78, 5) is 2.26. The fraction of sp³-hybridized carbons (Fsp3) is 0.368. The van der Waals surface area contributed by atoms with E-state index >= 15 is 0 Å². The Labute approximate surface area is 122 Å². The summed E-state index contributed by atoms with van der Waals surface area (Å²) in [6.45, 7) is 8.14. The second kappa shape index (κ2) is 4.97. The van der Waals surface area contributed by atoms with Crippen LogP contribution < -0.4 is 4.90 Å². The van der Waals surface area contributed by atoms with Gasteiger partial charge in [-0.3, -0.25) is 0 Å². The average molecular weight is 265 g/mol. The molecule has 0 radical (unpaired) electrons. The predicted octanol–water partition coefficient (Wildman–Crippen LogP) is 4.96. The Hall–Kier alpha value is -1.76. The first-order chi connectivity index (χ1) is 9.74. The summed E-state index contributed by atoms with van der Waals surface area (Å²) in [5.74, 6) is 0. The van der Waals surface area contributed by atoms with Crippen molar-refractivity contribution in [2.24, 2.45) is 0 Å². The normalized spacial score (nSPS) is 20.8. The number of anilines is 1. The third kappa shape index (κ3) is 1.69. The highest BCUT2D eigenvalue weighted by Gasteiger charge is 2.42. The van der Waals surface area contributed by atoms with Crippen LogP contribution in [0, 0.1) is 0 Å². The molecule has 104 valence electrons. The van der Waals surface area contributed by atoms with Gasteiger partial charge in [-0.1, -0.05) is 56.7 Å². The van der Waals surface area contributed by atoms with Crippen molar-refractivity contribution in [3.8, 4) is 0 Å². The molecule has 1 aliphatic carbocycles. The number of hydrogen-bond acceptors (Lipinski definition) is 1. The maximum absolute atomic E-state index is 4.11. The summed E-state index contributed by atoms with van der Waals surface area (Å²) in [5, 5.41) is 0. The Balaban J connectivity index is 2.29. The number of fused-ring (bicyclic) bond motifs is 2. The van der Waals surface area contributed by atoms with Crippen molar-refractivity contribution in [1.29, 1.82) is 0 Å². The lowest BCUT2D eigenvalue weighted by molar-refractivity contribution is 0.340. The minimum atomic E-state index is 0.159. The minimum absolute atomic E-state index is 0.159. The summed E-state index contributed by atoms with van der Waals surface area (Å²) < 4.78 is 0. The SMILES string of the molecule is C=CC1=C(C=C)C2(CCCCC2)c2ccccc2N1C. The number of para-hydroxylation sites is 1. The molecular formula is C19H23N. The van der Waals surface area contributed by atoms with E-state index in [4.69, 9.17) is 0 Å². The van der Waals surface area contributed by atoms with E-state index in [1.165, 1.54) is 54.6 Å². The molecular weight excluding hydrogens is 242 g/mol. The molecule has 1 heterocycles. The van der Waals surface area contributed by atoms with Crippen LogP contribution >= 0.6 is 0 Å². The van der Waals surface area contributed by atoms with Gasteiger partial charge in [-0.05, 0) is 36.1 Å². The zero-order chi connectivity index (χ0) is 14.2. The molecule has 1 nitrogen and oxygen atoms in total. The molecule has 20 heavy (non-hydrogen) atoms. The van der Waals surface area contributed by atoms with Gasteiger partial charge in [0.05, 0.1) is 0 Å². The minimum Gasteiger partial charge on any atom is -0.344 e. The van der Waals surface area contributed by atoms with E-state index in [-0.39, 0.29) is 5.41 Å². The molecule has 3 rings (SSSR count). The van der Waals surface area contributed by atoms with Crippen molar-refractivity contribution in [2.75, 3.05) is 11.9 Å². The van der Waals surface area contributed by atoms with E-state index in [2.05, 4.69) is 55.4 Å². The number of allylic oxidation sites excluding steroid dienone is 3. The molecule has 1 spiro atoms. The lowest BCUT2D eigenvalue weighted by Gasteiger charge is -2.47. The number of nitrogens with zero attached hydrogens (tertiary/aromatic N) is 1. The average Bonchev–Trinajstić information content (AvgIpc) is 2.51. The fourth-order valence-electron chi connectivity index (χ4n) is 4.11. The largest absolute Gasteiger partial charge is 0.344 e. The molecule has 0 atom stereocenters. The molecule has 1 heteroatoms. The molecule has 1 aromatic rings. The summed E-state index contributed by atoms with van der Waals surface area (Å²) in [7, 11) is 2.13. The van der Waals surface area contributed by atoms with Gasteiger partial charge in [-0.2, -0.15) is 0 Å². The van der Waals surface area contributed by atoms with Crippen molar-refractivity contribution in [3.05, 3.63) is 66.4 Å². The molecule has 0 saturated heterocycles. The van der Waals surface area contributed by atoms with Gasteiger partial charge < -0.3 is 4.90 Å². The molecule has 0 amide bonds. The van der Waals surface area contributed by atoms with Crippen LogP contribution in [0.3, 0.4) is 0 Å². The number of likely N-dealkylation sites (N-methyl/N-ethyl adjacent to an activating group) is 1. The summed E-state index contributed by atoms with van der Waals surface area (Å²) in [6.07, 6.45) is 10.5. The molecule has 0 unspecified atom stereocenters. The highest BCUT2D eigenvalue weighted by molar-refractivity contribution is 5.70. The zero-order valence-electron chi connectivity index (χ0n) is 12.4. The molecule has 1 fully saturated rings. The lowest BCUT2D eigenvalue weighted by Crippen LogP contribution is -2.39. The Morgan fingerprint density at radius 3 is 2.40 bits per heavy atom. The Kier molecular flexibility index (Phi) is 3.29. The summed E-state index contributed by atoms with van der Waals surface area (Å²) >= 11 is 0. The molecule has 1 aliphatic heterocycles. The van der Waals surface area contributed by atoms with Gasteiger partial charge in [0.25, 0.3) is 0 Å². The van der Waals surface area contributed by atoms with Crippen LogP contribution in [-0.2, 0) is 5.41 Å². The molecule has 0 bridgehead atoms. The first-order valence-electron chi connectivity index (χ1n) is 7.57. The number of hydrogen-bond donors (Lipinski definition) is 0. The number of benzene rings is 1. The van der Waals surface area contributed by atoms with Gasteiger partial charge in [0, 0.05) is 23.8 Å². The van der Waals surface area contributed by atoms with E-state index in [9.17, 15) is 0 Å². The second-order valence-electron chi connectivity index (χ2n) is 5.93. The first-order valence-corrected chi connectivity index (χ1v) is 7.57. The quantitative estimate of drug-likeness (QED) is 0.730. The smallest absolute Gasteiger partial charge is 0.0449 e. The van der Waals surface area contributed by atoms with Crippen LogP contribution in [0.5, 0.6) is 0 Å². The van der Waals surface area contributed by atoms with E-state index in [0.717, 1.165) is 0 Å². The highest BCUT2D eigenvalue weighted by Crippen LogP contribution is 2.52. The first kappa shape index (κ1) is 13.2. The predicted molar refractivity (Wildman–Crippen MR) is 87.0 cm³/mol. The number of rotatable bonds is 2. The highest BCUT2D eigenvalue weighted by atomic mass is 15.1. The van der Waals surface area contributed by atoms with Crippen LogP contribution in [0.25, 0.3) is 0 Å². The van der Waals surface area contributed by atoms with E-state index in [1.54, 1.807) is 0 Å². The Morgan fingerprint density at radius 2 is 1.75 bits per heavy atom. The van der Waals surface area contributed by atoms with Gasteiger partial charge in [-0.25, -0.2) is 0 Å². The van der Waals surface area contributed by atoms with Gasteiger partial charge in [0.1, 0.15) is 0 Å². The topological polar surface area (TPSA) is 3.24 Å². The summed E-state index contributed by atoms with van der Waals surface area (Å²) in [6, 6.07) is 8.84. The maximum Gasteiger partial charge on any atom is 0.0449 e. The van der Waals surface area contributed by atoms with Crippen LogP contribution in [0.1, 0.15) is 37.7 Å². The van der Waals surface area contributed by atoms with Crippen LogP contribution in [0.15, 0.2) is 60.8 Å². The van der Waals surface area contributed by atoms with E-state index < -0.39 is 0 Å². The molecule has 1 saturated carbocycles. The van der Waals surface area contributed by atoms with Gasteiger partial charge in [-0.15, -0.1) is 0 Å².